The predicted octanol–water partition coefficient (Wildman–Crippen LogP) is 4.54. The van der Waals surface area contributed by atoms with Gasteiger partial charge in [-0.25, -0.2) is 0 Å². The van der Waals surface area contributed by atoms with Crippen LogP contribution < -0.4 is 5.32 Å². The Morgan fingerprint density at radius 1 is 1.35 bits per heavy atom. The van der Waals surface area contributed by atoms with Gasteiger partial charge in [-0.3, -0.25) is 0 Å². The third kappa shape index (κ3) is 3.32. The van der Waals surface area contributed by atoms with Crippen LogP contribution in [0.15, 0.2) is 11.4 Å². The van der Waals surface area contributed by atoms with Crippen molar-refractivity contribution in [3.05, 3.63) is 21.9 Å². The van der Waals surface area contributed by atoms with Crippen molar-refractivity contribution in [2.24, 2.45) is 5.92 Å². The molecule has 1 aliphatic carbocycles. The Morgan fingerprint density at radius 3 is 2.76 bits per heavy atom. The molecule has 0 aliphatic heterocycles. The molecule has 0 aromatic carbocycles. The predicted molar refractivity (Wildman–Crippen MR) is 76.7 cm³/mol. The molecule has 1 unspecified atom stereocenters. The van der Waals surface area contributed by atoms with Crippen molar-refractivity contribution in [2.75, 3.05) is 6.54 Å². The first-order valence-corrected chi connectivity index (χ1v) is 8.02. The fourth-order valence-electron chi connectivity index (χ4n) is 3.05. The molecule has 0 saturated heterocycles. The summed E-state index contributed by atoms with van der Waals surface area (Å²) in [6.45, 7) is 5.57. The quantitative estimate of drug-likeness (QED) is 0.782. The number of rotatable bonds is 6. The molecule has 1 fully saturated rings. The fourth-order valence-corrected chi connectivity index (χ4v) is 4.14. The van der Waals surface area contributed by atoms with Gasteiger partial charge in [-0.15, -0.1) is 11.3 Å². The largest absolute Gasteiger partial charge is 0.310 e. The first kappa shape index (κ1) is 13.1. The minimum atomic E-state index is 0.609. The van der Waals surface area contributed by atoms with Gasteiger partial charge in [0.15, 0.2) is 0 Å². The average molecular weight is 251 g/mol. The lowest BCUT2D eigenvalue weighted by atomic mass is 9.95. The second kappa shape index (κ2) is 6.55. The maximum atomic E-state index is 3.70. The summed E-state index contributed by atoms with van der Waals surface area (Å²) in [4.78, 5) is 1.60. The summed E-state index contributed by atoms with van der Waals surface area (Å²) in [5.74, 6) is 0.964. The zero-order valence-corrected chi connectivity index (χ0v) is 12.0. The van der Waals surface area contributed by atoms with Gasteiger partial charge < -0.3 is 5.32 Å². The van der Waals surface area contributed by atoms with E-state index in [1.807, 2.05) is 11.3 Å². The molecule has 0 amide bonds. The van der Waals surface area contributed by atoms with Crippen LogP contribution in [0.5, 0.6) is 0 Å². The van der Waals surface area contributed by atoms with E-state index in [4.69, 9.17) is 0 Å². The maximum absolute atomic E-state index is 3.70. The molecule has 1 atom stereocenters. The number of nitrogens with one attached hydrogen (secondary N) is 1. The van der Waals surface area contributed by atoms with Crippen molar-refractivity contribution in [3.63, 3.8) is 0 Å². The highest BCUT2D eigenvalue weighted by Crippen LogP contribution is 2.35. The molecule has 17 heavy (non-hydrogen) atoms. The number of hydrogen-bond donors (Lipinski definition) is 1. The molecular weight excluding hydrogens is 226 g/mol. The highest BCUT2D eigenvalue weighted by Gasteiger charge is 2.22. The van der Waals surface area contributed by atoms with Gasteiger partial charge in [-0.1, -0.05) is 39.5 Å². The van der Waals surface area contributed by atoms with E-state index in [9.17, 15) is 0 Å². The third-order valence-electron chi connectivity index (χ3n) is 3.97. The van der Waals surface area contributed by atoms with Gasteiger partial charge >= 0.3 is 0 Å². The van der Waals surface area contributed by atoms with E-state index in [0.29, 0.717) is 6.04 Å². The molecule has 1 saturated carbocycles. The third-order valence-corrected chi connectivity index (χ3v) is 5.05. The van der Waals surface area contributed by atoms with Crippen molar-refractivity contribution >= 4 is 11.3 Å². The van der Waals surface area contributed by atoms with Crippen LogP contribution >= 0.6 is 11.3 Å². The molecule has 96 valence electrons. The van der Waals surface area contributed by atoms with E-state index in [2.05, 4.69) is 30.6 Å². The summed E-state index contributed by atoms with van der Waals surface area (Å²) < 4.78 is 0. The molecule has 1 heterocycles. The standard InChI is InChI=1S/C15H25NS/c1-3-13-9-10-17-15(13)14(16-4-2)11-12-7-5-6-8-12/h9-10,12,14,16H,3-8,11H2,1-2H3. The van der Waals surface area contributed by atoms with Crippen LogP contribution in [0.4, 0.5) is 0 Å². The Labute approximate surface area is 110 Å². The first-order valence-electron chi connectivity index (χ1n) is 7.14. The molecule has 1 N–H and O–H groups in total. The number of aryl methyl sites for hydroxylation is 1. The van der Waals surface area contributed by atoms with Crippen LogP contribution in [0.2, 0.25) is 0 Å². The number of hydrogen-bond acceptors (Lipinski definition) is 2. The van der Waals surface area contributed by atoms with E-state index < -0.39 is 0 Å². The van der Waals surface area contributed by atoms with Gasteiger partial charge in [0, 0.05) is 10.9 Å². The zero-order valence-electron chi connectivity index (χ0n) is 11.2. The van der Waals surface area contributed by atoms with E-state index in [0.717, 1.165) is 12.5 Å². The molecule has 1 aromatic rings. The van der Waals surface area contributed by atoms with Crippen molar-refractivity contribution < 1.29 is 0 Å². The molecule has 0 bridgehead atoms. The Hall–Kier alpha value is -0.340. The maximum Gasteiger partial charge on any atom is 0.0420 e. The molecule has 0 spiro atoms. The lowest BCUT2D eigenvalue weighted by molar-refractivity contribution is 0.403. The average Bonchev–Trinajstić information content (AvgIpc) is 2.98. The molecule has 1 aliphatic rings. The van der Waals surface area contributed by atoms with Gasteiger partial charge in [0.25, 0.3) is 0 Å². The Kier molecular flexibility index (Phi) is 5.05. The van der Waals surface area contributed by atoms with Crippen LogP contribution in [-0.4, -0.2) is 6.54 Å². The van der Waals surface area contributed by atoms with Crippen LogP contribution in [0.3, 0.4) is 0 Å². The van der Waals surface area contributed by atoms with Gasteiger partial charge in [-0.05, 0) is 42.3 Å². The molecular formula is C15H25NS. The lowest BCUT2D eigenvalue weighted by Crippen LogP contribution is -2.23. The van der Waals surface area contributed by atoms with Crippen molar-refractivity contribution in [1.29, 1.82) is 0 Å². The molecule has 2 rings (SSSR count). The Morgan fingerprint density at radius 2 is 2.12 bits per heavy atom. The summed E-state index contributed by atoms with van der Waals surface area (Å²) in [6, 6.07) is 2.91. The SMILES string of the molecule is CCNC(CC1CCCC1)c1sccc1CC. The highest BCUT2D eigenvalue weighted by atomic mass is 32.1. The Balaban J connectivity index is 2.04. The van der Waals surface area contributed by atoms with E-state index >= 15 is 0 Å². The summed E-state index contributed by atoms with van der Waals surface area (Å²) in [5.41, 5.74) is 1.55. The fraction of sp³-hybridized carbons (Fsp3) is 0.733. The van der Waals surface area contributed by atoms with E-state index in [-0.39, 0.29) is 0 Å². The summed E-state index contributed by atoms with van der Waals surface area (Å²) in [6.07, 6.45) is 8.33. The van der Waals surface area contributed by atoms with E-state index in [1.165, 1.54) is 38.5 Å². The van der Waals surface area contributed by atoms with E-state index in [1.54, 1.807) is 10.4 Å². The summed E-state index contributed by atoms with van der Waals surface area (Å²) in [7, 11) is 0. The Bertz CT molecular complexity index is 325. The molecule has 1 aromatic heterocycles. The van der Waals surface area contributed by atoms with Crippen molar-refractivity contribution in [3.8, 4) is 0 Å². The number of thiophene rings is 1. The van der Waals surface area contributed by atoms with Gasteiger partial charge in [0.2, 0.25) is 0 Å². The smallest absolute Gasteiger partial charge is 0.0420 e. The van der Waals surface area contributed by atoms with Crippen LogP contribution in [0.1, 0.15) is 62.4 Å². The minimum absolute atomic E-state index is 0.609. The topological polar surface area (TPSA) is 12.0 Å². The van der Waals surface area contributed by atoms with Crippen LogP contribution in [0.25, 0.3) is 0 Å². The summed E-state index contributed by atoms with van der Waals surface area (Å²) in [5, 5.41) is 5.95. The normalized spacial score (nSPS) is 18.7. The lowest BCUT2D eigenvalue weighted by Gasteiger charge is -2.21. The van der Waals surface area contributed by atoms with Gasteiger partial charge in [0.05, 0.1) is 0 Å². The monoisotopic (exact) mass is 251 g/mol. The molecule has 0 radical (unpaired) electrons. The van der Waals surface area contributed by atoms with Crippen LogP contribution in [0, 0.1) is 5.92 Å². The van der Waals surface area contributed by atoms with Crippen LogP contribution in [-0.2, 0) is 6.42 Å². The molecule has 2 heteroatoms. The van der Waals surface area contributed by atoms with Gasteiger partial charge in [-0.2, -0.15) is 0 Å². The van der Waals surface area contributed by atoms with Crippen molar-refractivity contribution in [1.82, 2.24) is 5.32 Å². The highest BCUT2D eigenvalue weighted by molar-refractivity contribution is 7.10. The van der Waals surface area contributed by atoms with Crippen molar-refractivity contribution in [2.45, 2.75) is 58.4 Å². The zero-order chi connectivity index (χ0) is 12.1. The molecule has 1 nitrogen and oxygen atoms in total. The van der Waals surface area contributed by atoms with Gasteiger partial charge in [0.1, 0.15) is 0 Å². The minimum Gasteiger partial charge on any atom is -0.310 e. The second-order valence-corrected chi connectivity index (χ2v) is 6.11. The second-order valence-electron chi connectivity index (χ2n) is 5.16. The summed E-state index contributed by atoms with van der Waals surface area (Å²) >= 11 is 1.94. The first-order chi connectivity index (χ1) is 8.35.